The fraction of sp³-hybridized carbons (Fsp3) is 0.417. The van der Waals surface area contributed by atoms with E-state index in [0.29, 0.717) is 0 Å². The monoisotopic (exact) mass is 347 g/mol. The highest BCUT2D eigenvalue weighted by molar-refractivity contribution is 14.0. The Bertz CT molecular complexity index is 356. The van der Waals surface area contributed by atoms with Crippen LogP contribution in [0.25, 0.3) is 0 Å². The molecule has 1 aromatic rings. The van der Waals surface area contributed by atoms with Crippen molar-refractivity contribution in [2.24, 2.45) is 4.99 Å². The summed E-state index contributed by atoms with van der Waals surface area (Å²) in [4.78, 5) is 4.37. The number of nitrogens with one attached hydrogen (secondary N) is 2. The second-order valence-electron chi connectivity index (χ2n) is 3.77. The second-order valence-corrected chi connectivity index (χ2v) is 3.77. The van der Waals surface area contributed by atoms with Gasteiger partial charge in [-0.25, -0.2) is 0 Å². The van der Waals surface area contributed by atoms with Crippen molar-refractivity contribution in [1.82, 2.24) is 10.6 Å². The molecule has 2 rings (SSSR count). The minimum absolute atomic E-state index is 0. The minimum Gasteiger partial charge on any atom is -0.378 e. The number of hydrogen-bond donors (Lipinski definition) is 2. The van der Waals surface area contributed by atoms with E-state index in [-0.39, 0.29) is 30.1 Å². The Morgan fingerprint density at radius 2 is 2.18 bits per heavy atom. The summed E-state index contributed by atoms with van der Waals surface area (Å²) in [5, 5.41) is 6.47. The zero-order chi connectivity index (χ0) is 11.2. The van der Waals surface area contributed by atoms with Crippen LogP contribution in [0.15, 0.2) is 35.3 Å². The van der Waals surface area contributed by atoms with Gasteiger partial charge in [-0.1, -0.05) is 30.3 Å². The Balaban J connectivity index is 0.00000144. The normalized spacial score (nSPS) is 18.6. The smallest absolute Gasteiger partial charge is 0.191 e. The fourth-order valence-electron chi connectivity index (χ4n) is 1.58. The number of halogens is 1. The van der Waals surface area contributed by atoms with Crippen molar-refractivity contribution in [2.75, 3.05) is 20.2 Å². The van der Waals surface area contributed by atoms with Crippen LogP contribution < -0.4 is 10.6 Å². The Kier molecular flexibility index (Phi) is 6.28. The SMILES string of the molecule is COC1CN=C(NCc2ccccc2)NC1.I. The molecule has 2 N–H and O–H groups in total. The molecule has 0 radical (unpaired) electrons. The Hall–Kier alpha value is -0.820. The Morgan fingerprint density at radius 1 is 1.41 bits per heavy atom. The van der Waals surface area contributed by atoms with Gasteiger partial charge in [0.15, 0.2) is 5.96 Å². The van der Waals surface area contributed by atoms with Crippen molar-refractivity contribution in [3.05, 3.63) is 35.9 Å². The quantitative estimate of drug-likeness (QED) is 0.812. The molecule has 0 fully saturated rings. The molecular formula is C12H18IN3O. The van der Waals surface area contributed by atoms with Crippen LogP contribution in [0.4, 0.5) is 0 Å². The molecule has 0 bridgehead atoms. The van der Waals surface area contributed by atoms with Gasteiger partial charge < -0.3 is 15.4 Å². The highest BCUT2D eigenvalue weighted by Gasteiger charge is 2.13. The van der Waals surface area contributed by atoms with Crippen LogP contribution in [0.2, 0.25) is 0 Å². The molecule has 1 aromatic carbocycles. The van der Waals surface area contributed by atoms with Gasteiger partial charge >= 0.3 is 0 Å². The third-order valence-electron chi connectivity index (χ3n) is 2.59. The first-order valence-electron chi connectivity index (χ1n) is 5.47. The van der Waals surface area contributed by atoms with Crippen LogP contribution in [-0.4, -0.2) is 32.3 Å². The van der Waals surface area contributed by atoms with E-state index in [2.05, 4.69) is 27.8 Å². The number of aliphatic imine (C=N–C) groups is 1. The summed E-state index contributed by atoms with van der Waals surface area (Å²) >= 11 is 0. The molecule has 1 unspecified atom stereocenters. The van der Waals surface area contributed by atoms with Crippen LogP contribution in [-0.2, 0) is 11.3 Å². The average Bonchev–Trinajstić information content (AvgIpc) is 2.38. The van der Waals surface area contributed by atoms with Gasteiger partial charge in [-0.05, 0) is 5.56 Å². The van der Waals surface area contributed by atoms with Gasteiger partial charge in [-0.3, -0.25) is 4.99 Å². The fourth-order valence-corrected chi connectivity index (χ4v) is 1.58. The van der Waals surface area contributed by atoms with Gasteiger partial charge in [0.1, 0.15) is 0 Å². The lowest BCUT2D eigenvalue weighted by Gasteiger charge is -2.22. The van der Waals surface area contributed by atoms with Gasteiger partial charge in [-0.2, -0.15) is 0 Å². The number of nitrogens with zero attached hydrogens (tertiary/aromatic N) is 1. The summed E-state index contributed by atoms with van der Waals surface area (Å²) in [6.45, 7) is 2.34. The summed E-state index contributed by atoms with van der Waals surface area (Å²) in [6, 6.07) is 10.3. The van der Waals surface area contributed by atoms with Crippen molar-refractivity contribution in [2.45, 2.75) is 12.6 Å². The lowest BCUT2D eigenvalue weighted by molar-refractivity contribution is 0.109. The summed E-state index contributed by atoms with van der Waals surface area (Å²) in [5.74, 6) is 0.858. The third-order valence-corrected chi connectivity index (χ3v) is 2.59. The van der Waals surface area contributed by atoms with E-state index in [9.17, 15) is 0 Å². The summed E-state index contributed by atoms with van der Waals surface area (Å²) < 4.78 is 5.20. The molecule has 17 heavy (non-hydrogen) atoms. The molecule has 0 saturated heterocycles. The van der Waals surface area contributed by atoms with E-state index in [1.54, 1.807) is 7.11 Å². The lowest BCUT2D eigenvalue weighted by Crippen LogP contribution is -2.46. The molecule has 1 heterocycles. The largest absolute Gasteiger partial charge is 0.378 e. The standard InChI is InChI=1S/C12H17N3O.HI/c1-16-11-8-14-12(15-9-11)13-7-10-5-3-2-4-6-10;/h2-6,11H,7-9H2,1H3,(H2,13,14,15);1H. The second kappa shape index (κ2) is 7.50. The Labute approximate surface area is 119 Å². The van der Waals surface area contributed by atoms with E-state index < -0.39 is 0 Å². The first-order valence-corrected chi connectivity index (χ1v) is 5.47. The maximum Gasteiger partial charge on any atom is 0.191 e. The van der Waals surface area contributed by atoms with Crippen molar-refractivity contribution in [1.29, 1.82) is 0 Å². The first kappa shape index (κ1) is 14.2. The van der Waals surface area contributed by atoms with E-state index in [1.165, 1.54) is 5.56 Å². The predicted octanol–water partition coefficient (Wildman–Crippen LogP) is 1.37. The number of benzene rings is 1. The third kappa shape index (κ3) is 4.51. The van der Waals surface area contributed by atoms with Crippen LogP contribution in [0.5, 0.6) is 0 Å². The zero-order valence-corrected chi connectivity index (χ0v) is 12.2. The molecule has 1 aliphatic rings. The van der Waals surface area contributed by atoms with E-state index >= 15 is 0 Å². The first-order chi connectivity index (χ1) is 7.88. The van der Waals surface area contributed by atoms with Gasteiger partial charge in [0, 0.05) is 20.2 Å². The number of ether oxygens (including phenoxy) is 1. The molecule has 1 atom stereocenters. The van der Waals surface area contributed by atoms with Crippen molar-refractivity contribution >= 4 is 29.9 Å². The van der Waals surface area contributed by atoms with Crippen molar-refractivity contribution in [3.63, 3.8) is 0 Å². The highest BCUT2D eigenvalue weighted by Crippen LogP contribution is 1.98. The van der Waals surface area contributed by atoms with Crippen LogP contribution in [0.3, 0.4) is 0 Å². The molecule has 0 aliphatic carbocycles. The predicted molar refractivity (Wildman–Crippen MR) is 79.8 cm³/mol. The van der Waals surface area contributed by atoms with Crippen molar-refractivity contribution < 1.29 is 4.74 Å². The lowest BCUT2D eigenvalue weighted by atomic mass is 10.2. The highest BCUT2D eigenvalue weighted by atomic mass is 127. The molecule has 0 amide bonds. The number of guanidine groups is 1. The number of rotatable bonds is 3. The summed E-state index contributed by atoms with van der Waals surface area (Å²) in [5.41, 5.74) is 1.25. The Morgan fingerprint density at radius 3 is 2.76 bits per heavy atom. The maximum atomic E-state index is 5.20. The molecule has 5 heteroatoms. The van der Waals surface area contributed by atoms with Crippen LogP contribution in [0, 0.1) is 0 Å². The number of methoxy groups -OCH3 is 1. The maximum absolute atomic E-state index is 5.20. The molecule has 94 valence electrons. The van der Waals surface area contributed by atoms with Gasteiger partial charge in [0.25, 0.3) is 0 Å². The average molecular weight is 347 g/mol. The van der Waals surface area contributed by atoms with Gasteiger partial charge in [-0.15, -0.1) is 24.0 Å². The van der Waals surface area contributed by atoms with E-state index in [0.717, 1.165) is 25.6 Å². The summed E-state index contributed by atoms with van der Waals surface area (Å²) in [7, 11) is 1.71. The van der Waals surface area contributed by atoms with Crippen molar-refractivity contribution in [3.8, 4) is 0 Å². The molecule has 0 aromatic heterocycles. The van der Waals surface area contributed by atoms with E-state index in [1.807, 2.05) is 18.2 Å². The molecule has 0 saturated carbocycles. The molecular weight excluding hydrogens is 329 g/mol. The van der Waals surface area contributed by atoms with Gasteiger partial charge in [0.05, 0.1) is 12.6 Å². The van der Waals surface area contributed by atoms with Crippen LogP contribution in [0.1, 0.15) is 5.56 Å². The summed E-state index contributed by atoms with van der Waals surface area (Å²) in [6.07, 6.45) is 0.197. The molecule has 0 spiro atoms. The van der Waals surface area contributed by atoms with E-state index in [4.69, 9.17) is 4.74 Å². The van der Waals surface area contributed by atoms with Gasteiger partial charge in [0.2, 0.25) is 0 Å². The van der Waals surface area contributed by atoms with Crippen LogP contribution >= 0.6 is 24.0 Å². The zero-order valence-electron chi connectivity index (χ0n) is 9.85. The minimum atomic E-state index is 0. The molecule has 1 aliphatic heterocycles. The topological polar surface area (TPSA) is 45.6 Å². The number of hydrogen-bond acceptors (Lipinski definition) is 4. The molecule has 4 nitrogen and oxygen atoms in total.